The molecule has 3 rings (SSSR count). The SMILES string of the molecule is CCCCNC(=O)C1N(CCCCO)C(=O)[C@@H]2[C@H](C(=O)OCC)[C@]3(CC)CCC12O3. The Balaban J connectivity index is 1.96. The summed E-state index contributed by atoms with van der Waals surface area (Å²) in [6.45, 7) is 6.95. The van der Waals surface area contributed by atoms with E-state index in [1.165, 1.54) is 0 Å². The van der Waals surface area contributed by atoms with E-state index in [2.05, 4.69) is 12.2 Å². The molecule has 5 atom stereocenters. The molecule has 2 bridgehead atoms. The fourth-order valence-corrected chi connectivity index (χ4v) is 5.73. The lowest BCUT2D eigenvalue weighted by molar-refractivity contribution is -0.160. The number of nitrogens with zero attached hydrogens (tertiary/aromatic N) is 1. The molecule has 3 fully saturated rings. The van der Waals surface area contributed by atoms with Crippen LogP contribution < -0.4 is 5.32 Å². The van der Waals surface area contributed by atoms with Crippen LogP contribution in [0.15, 0.2) is 0 Å². The van der Waals surface area contributed by atoms with Crippen LogP contribution in [0.4, 0.5) is 0 Å². The zero-order valence-electron chi connectivity index (χ0n) is 18.4. The van der Waals surface area contributed by atoms with Gasteiger partial charge < -0.3 is 24.8 Å². The number of hydrogen-bond acceptors (Lipinski definition) is 6. The number of esters is 1. The Morgan fingerprint density at radius 2 is 2.00 bits per heavy atom. The lowest BCUT2D eigenvalue weighted by Crippen LogP contribution is -2.55. The first kappa shape index (κ1) is 23.0. The molecule has 0 radical (unpaired) electrons. The third kappa shape index (κ3) is 3.51. The highest BCUT2D eigenvalue weighted by atomic mass is 16.6. The second-order valence-corrected chi connectivity index (χ2v) is 8.69. The van der Waals surface area contributed by atoms with E-state index in [4.69, 9.17) is 14.6 Å². The summed E-state index contributed by atoms with van der Waals surface area (Å²) < 4.78 is 11.9. The van der Waals surface area contributed by atoms with Crippen molar-refractivity contribution in [1.82, 2.24) is 10.2 Å². The highest BCUT2D eigenvalue weighted by Gasteiger charge is 2.78. The average molecular weight is 425 g/mol. The van der Waals surface area contributed by atoms with Crippen LogP contribution in [0.25, 0.3) is 0 Å². The minimum atomic E-state index is -0.986. The molecule has 170 valence electrons. The molecule has 0 saturated carbocycles. The van der Waals surface area contributed by atoms with E-state index in [0.717, 1.165) is 12.8 Å². The second-order valence-electron chi connectivity index (χ2n) is 8.69. The van der Waals surface area contributed by atoms with Crippen molar-refractivity contribution in [3.63, 3.8) is 0 Å². The van der Waals surface area contributed by atoms with E-state index >= 15 is 0 Å². The van der Waals surface area contributed by atoms with E-state index in [1.54, 1.807) is 11.8 Å². The summed E-state index contributed by atoms with van der Waals surface area (Å²) in [6.07, 6.45) is 4.77. The molecule has 2 unspecified atom stereocenters. The number of likely N-dealkylation sites (tertiary alicyclic amines) is 1. The molecule has 1 spiro atoms. The first-order valence-corrected chi connectivity index (χ1v) is 11.5. The van der Waals surface area contributed by atoms with Crippen LogP contribution in [0.1, 0.15) is 65.7 Å². The van der Waals surface area contributed by atoms with Crippen molar-refractivity contribution in [3.05, 3.63) is 0 Å². The lowest BCUT2D eigenvalue weighted by atomic mass is 9.65. The Morgan fingerprint density at radius 1 is 1.23 bits per heavy atom. The number of aliphatic hydroxyl groups is 1. The summed E-state index contributed by atoms with van der Waals surface area (Å²) >= 11 is 0. The summed E-state index contributed by atoms with van der Waals surface area (Å²) in [4.78, 5) is 41.4. The zero-order chi connectivity index (χ0) is 21.9. The van der Waals surface area contributed by atoms with E-state index in [9.17, 15) is 14.4 Å². The molecule has 8 heteroatoms. The van der Waals surface area contributed by atoms with Crippen LogP contribution in [-0.4, -0.2) is 71.3 Å². The Bertz CT molecular complexity index is 670. The van der Waals surface area contributed by atoms with Crippen molar-refractivity contribution in [3.8, 4) is 0 Å². The second kappa shape index (κ2) is 9.22. The summed E-state index contributed by atoms with van der Waals surface area (Å²) in [5.74, 6) is -2.18. The van der Waals surface area contributed by atoms with Crippen LogP contribution in [-0.2, 0) is 23.9 Å². The molecule has 3 saturated heterocycles. The number of ether oxygens (including phenoxy) is 2. The summed E-state index contributed by atoms with van der Waals surface area (Å²) in [6, 6.07) is -0.751. The predicted molar refractivity (Wildman–Crippen MR) is 109 cm³/mol. The quantitative estimate of drug-likeness (QED) is 0.384. The molecule has 2 amide bonds. The first-order valence-electron chi connectivity index (χ1n) is 11.5. The van der Waals surface area contributed by atoms with Crippen LogP contribution in [0, 0.1) is 11.8 Å². The summed E-state index contributed by atoms with van der Waals surface area (Å²) in [5.41, 5.74) is -1.73. The first-order chi connectivity index (χ1) is 14.4. The molecule has 0 aromatic carbocycles. The van der Waals surface area contributed by atoms with Gasteiger partial charge >= 0.3 is 5.97 Å². The van der Waals surface area contributed by atoms with Gasteiger partial charge in [0.1, 0.15) is 17.6 Å². The van der Waals surface area contributed by atoms with E-state index in [-0.39, 0.29) is 25.0 Å². The van der Waals surface area contributed by atoms with Crippen LogP contribution in [0.2, 0.25) is 0 Å². The molecule has 0 aromatic rings. The number of carbonyl (C=O) groups is 3. The molecule has 0 aromatic heterocycles. The molecular formula is C22H36N2O6. The van der Waals surface area contributed by atoms with Gasteiger partial charge in [-0.1, -0.05) is 20.3 Å². The molecule has 8 nitrogen and oxygen atoms in total. The monoisotopic (exact) mass is 424 g/mol. The molecule has 30 heavy (non-hydrogen) atoms. The summed E-state index contributed by atoms with van der Waals surface area (Å²) in [7, 11) is 0. The van der Waals surface area contributed by atoms with Crippen molar-refractivity contribution in [2.24, 2.45) is 11.8 Å². The number of aliphatic hydroxyl groups excluding tert-OH is 1. The van der Waals surface area contributed by atoms with E-state index < -0.39 is 35.0 Å². The van der Waals surface area contributed by atoms with Gasteiger partial charge in [-0.15, -0.1) is 0 Å². The van der Waals surface area contributed by atoms with Gasteiger partial charge in [-0.3, -0.25) is 14.4 Å². The molecule has 3 heterocycles. The number of fused-ring (bicyclic) bond motifs is 1. The highest BCUT2D eigenvalue weighted by Crippen LogP contribution is 2.64. The van der Waals surface area contributed by atoms with Gasteiger partial charge in [-0.05, 0) is 45.4 Å². The van der Waals surface area contributed by atoms with Gasteiger partial charge in [-0.25, -0.2) is 0 Å². The summed E-state index contributed by atoms with van der Waals surface area (Å²) in [5, 5.41) is 12.1. The van der Waals surface area contributed by atoms with Crippen molar-refractivity contribution in [2.75, 3.05) is 26.3 Å². The van der Waals surface area contributed by atoms with Gasteiger partial charge in [0, 0.05) is 19.7 Å². The van der Waals surface area contributed by atoms with Gasteiger partial charge in [0.05, 0.1) is 18.1 Å². The van der Waals surface area contributed by atoms with Gasteiger partial charge in [-0.2, -0.15) is 0 Å². The fraction of sp³-hybridized carbons (Fsp3) is 0.864. The Kier molecular flexibility index (Phi) is 7.07. The Labute approximate surface area is 178 Å². The Morgan fingerprint density at radius 3 is 2.63 bits per heavy atom. The zero-order valence-corrected chi connectivity index (χ0v) is 18.4. The largest absolute Gasteiger partial charge is 0.466 e. The van der Waals surface area contributed by atoms with Crippen LogP contribution in [0.3, 0.4) is 0 Å². The maximum Gasteiger partial charge on any atom is 0.312 e. The van der Waals surface area contributed by atoms with Gasteiger partial charge in [0.2, 0.25) is 11.8 Å². The third-order valence-electron chi connectivity index (χ3n) is 7.11. The van der Waals surface area contributed by atoms with Crippen molar-refractivity contribution < 1.29 is 29.0 Å². The fourth-order valence-electron chi connectivity index (χ4n) is 5.73. The molecule has 3 aliphatic rings. The normalized spacial score (nSPS) is 34.3. The Hall–Kier alpha value is -1.67. The van der Waals surface area contributed by atoms with Crippen molar-refractivity contribution in [2.45, 2.75) is 83.0 Å². The van der Waals surface area contributed by atoms with E-state index in [1.807, 2.05) is 6.92 Å². The topological polar surface area (TPSA) is 105 Å². The third-order valence-corrected chi connectivity index (χ3v) is 7.11. The number of amides is 2. The number of unbranched alkanes of at least 4 members (excludes halogenated alkanes) is 2. The van der Waals surface area contributed by atoms with Crippen LogP contribution >= 0.6 is 0 Å². The predicted octanol–water partition coefficient (Wildman–Crippen LogP) is 1.39. The van der Waals surface area contributed by atoms with Crippen molar-refractivity contribution >= 4 is 17.8 Å². The maximum atomic E-state index is 13.6. The minimum Gasteiger partial charge on any atom is -0.466 e. The highest BCUT2D eigenvalue weighted by molar-refractivity contribution is 5.98. The maximum absolute atomic E-state index is 13.6. The molecular weight excluding hydrogens is 388 g/mol. The number of nitrogens with one attached hydrogen (secondary N) is 1. The minimum absolute atomic E-state index is 0.0326. The van der Waals surface area contributed by atoms with Gasteiger partial charge in [0.15, 0.2) is 0 Å². The van der Waals surface area contributed by atoms with Crippen LogP contribution in [0.5, 0.6) is 0 Å². The van der Waals surface area contributed by atoms with Gasteiger partial charge in [0.25, 0.3) is 0 Å². The molecule has 2 N–H and O–H groups in total. The molecule has 0 aliphatic carbocycles. The smallest absolute Gasteiger partial charge is 0.312 e. The molecule has 3 aliphatic heterocycles. The average Bonchev–Trinajstić information content (AvgIpc) is 3.32. The number of rotatable bonds is 11. The van der Waals surface area contributed by atoms with Crippen molar-refractivity contribution in [1.29, 1.82) is 0 Å². The van der Waals surface area contributed by atoms with E-state index in [0.29, 0.717) is 45.2 Å². The lowest BCUT2D eigenvalue weighted by Gasteiger charge is -2.33. The number of carbonyl (C=O) groups excluding carboxylic acids is 3. The number of hydrogen-bond donors (Lipinski definition) is 2. The standard InChI is InChI=1S/C22H36N2O6/c1-4-7-12-23-18(26)17-22-11-10-21(5-2,30-22)16(20(28)29-6-3)15(22)19(27)24(17)13-8-9-14-25/h15-17,25H,4-14H2,1-3H3,(H,23,26)/t15-,16+,17?,21-,22?/m0/s1.